The minimum absolute atomic E-state index is 0.867. The largest absolute Gasteiger partial charge is 0.347 e. The lowest BCUT2D eigenvalue weighted by Crippen LogP contribution is -2.67. The van der Waals surface area contributed by atoms with E-state index >= 15 is 0 Å². The Morgan fingerprint density at radius 1 is 0.722 bits per heavy atom. The molecular formula is C14H34N2Si2. The van der Waals surface area contributed by atoms with Crippen LogP contribution in [0, 0.1) is 23.7 Å². The summed E-state index contributed by atoms with van der Waals surface area (Å²) >= 11 is 0. The SMILES string of the molecule is CN[Si](C)(C)N[Si](C)(C)C1C(C)C(C)C(C)C1C. The van der Waals surface area contributed by atoms with E-state index < -0.39 is 16.6 Å². The first kappa shape index (κ1) is 16.4. The fourth-order valence-electron chi connectivity index (χ4n) is 4.36. The van der Waals surface area contributed by atoms with Crippen molar-refractivity contribution in [1.82, 2.24) is 9.63 Å². The van der Waals surface area contributed by atoms with Gasteiger partial charge in [-0.1, -0.05) is 40.8 Å². The van der Waals surface area contributed by atoms with Crippen molar-refractivity contribution in [2.24, 2.45) is 23.7 Å². The summed E-state index contributed by atoms with van der Waals surface area (Å²) in [7, 11) is -0.701. The van der Waals surface area contributed by atoms with Gasteiger partial charge in [-0.15, -0.1) is 0 Å². The third-order valence-corrected chi connectivity index (χ3v) is 14.8. The van der Waals surface area contributed by atoms with Gasteiger partial charge in [0.1, 0.15) is 8.24 Å². The molecule has 2 nitrogen and oxygen atoms in total. The second-order valence-corrected chi connectivity index (χ2v) is 16.5. The van der Waals surface area contributed by atoms with Crippen LogP contribution in [0.2, 0.25) is 31.7 Å². The Morgan fingerprint density at radius 3 is 1.44 bits per heavy atom. The second kappa shape index (κ2) is 5.39. The molecule has 1 aliphatic rings. The smallest absolute Gasteiger partial charge is 0.188 e. The molecule has 0 aliphatic heterocycles. The molecule has 1 fully saturated rings. The van der Waals surface area contributed by atoms with Crippen LogP contribution in [-0.2, 0) is 0 Å². The van der Waals surface area contributed by atoms with E-state index in [2.05, 4.69) is 70.6 Å². The lowest BCUT2D eigenvalue weighted by atomic mass is 9.92. The molecule has 1 aliphatic carbocycles. The standard InChI is InChI=1S/C14H34N2Si2/c1-10-11(2)13(4)14(12(10)3)17(6,7)16-18(8,9)15-5/h10-16H,1-9H3. The highest BCUT2D eigenvalue weighted by molar-refractivity contribution is 6.90. The normalized spacial score (nSPS) is 38.2. The van der Waals surface area contributed by atoms with Crippen molar-refractivity contribution in [2.75, 3.05) is 7.05 Å². The quantitative estimate of drug-likeness (QED) is 0.771. The summed E-state index contributed by atoms with van der Waals surface area (Å²) in [6.45, 7) is 19.7. The summed E-state index contributed by atoms with van der Waals surface area (Å²) < 4.78 is 4.09. The van der Waals surface area contributed by atoms with E-state index in [-0.39, 0.29) is 0 Å². The summed E-state index contributed by atoms with van der Waals surface area (Å²) in [6.07, 6.45) is 0. The monoisotopic (exact) mass is 286 g/mol. The molecule has 1 rings (SSSR count). The first-order valence-electron chi connectivity index (χ1n) is 7.51. The molecule has 1 saturated carbocycles. The minimum Gasteiger partial charge on any atom is -0.347 e. The summed E-state index contributed by atoms with van der Waals surface area (Å²) in [5.74, 6) is 3.48. The van der Waals surface area contributed by atoms with Crippen LogP contribution in [0.3, 0.4) is 0 Å². The van der Waals surface area contributed by atoms with Crippen LogP contribution in [-0.4, -0.2) is 23.7 Å². The third kappa shape index (κ3) is 3.08. The van der Waals surface area contributed by atoms with E-state index in [1.54, 1.807) is 0 Å². The van der Waals surface area contributed by atoms with Gasteiger partial charge in [-0.05, 0) is 49.4 Å². The number of nitrogens with one attached hydrogen (secondary N) is 2. The highest BCUT2D eigenvalue weighted by Gasteiger charge is 2.50. The zero-order valence-electron chi connectivity index (χ0n) is 13.9. The van der Waals surface area contributed by atoms with Gasteiger partial charge in [0.2, 0.25) is 0 Å². The average molecular weight is 287 g/mol. The Morgan fingerprint density at radius 2 is 1.11 bits per heavy atom. The molecule has 0 saturated heterocycles. The molecule has 0 heterocycles. The zero-order chi connectivity index (χ0) is 14.3. The van der Waals surface area contributed by atoms with Crippen molar-refractivity contribution < 1.29 is 0 Å². The first-order chi connectivity index (χ1) is 8.03. The predicted molar refractivity (Wildman–Crippen MR) is 87.6 cm³/mol. The van der Waals surface area contributed by atoms with Crippen LogP contribution in [0.15, 0.2) is 0 Å². The van der Waals surface area contributed by atoms with E-state index in [0.29, 0.717) is 0 Å². The lowest BCUT2D eigenvalue weighted by molar-refractivity contribution is 0.352. The molecule has 4 heteroatoms. The first-order valence-corrected chi connectivity index (χ1v) is 13.6. The summed E-state index contributed by atoms with van der Waals surface area (Å²) in [5, 5.41) is 0. The van der Waals surface area contributed by atoms with Gasteiger partial charge < -0.3 is 9.63 Å². The predicted octanol–water partition coefficient (Wildman–Crippen LogP) is 3.63. The minimum atomic E-state index is -1.42. The van der Waals surface area contributed by atoms with Gasteiger partial charge in [0.25, 0.3) is 0 Å². The molecule has 18 heavy (non-hydrogen) atoms. The molecular weight excluding hydrogens is 252 g/mol. The Balaban J connectivity index is 2.91. The van der Waals surface area contributed by atoms with Crippen molar-refractivity contribution in [3.05, 3.63) is 0 Å². The lowest BCUT2D eigenvalue weighted by Gasteiger charge is -2.42. The molecule has 0 radical (unpaired) electrons. The van der Waals surface area contributed by atoms with Gasteiger partial charge in [0.15, 0.2) is 8.40 Å². The highest BCUT2D eigenvalue weighted by atomic mass is 28.4. The molecule has 4 atom stereocenters. The van der Waals surface area contributed by atoms with Crippen molar-refractivity contribution in [3.8, 4) is 0 Å². The van der Waals surface area contributed by atoms with E-state index in [4.69, 9.17) is 0 Å². The molecule has 0 spiro atoms. The fourth-order valence-corrected chi connectivity index (χ4v) is 15.2. The number of hydrogen-bond acceptors (Lipinski definition) is 2. The number of rotatable bonds is 4. The molecule has 0 aromatic rings. The topological polar surface area (TPSA) is 24.1 Å². The maximum Gasteiger partial charge on any atom is 0.188 e. The molecule has 2 N–H and O–H groups in total. The zero-order valence-corrected chi connectivity index (χ0v) is 15.9. The average Bonchev–Trinajstić information content (AvgIpc) is 2.42. The maximum atomic E-state index is 4.09. The van der Waals surface area contributed by atoms with Crippen LogP contribution in [0.4, 0.5) is 0 Å². The second-order valence-electron chi connectivity index (χ2n) is 7.68. The van der Waals surface area contributed by atoms with Crippen molar-refractivity contribution in [1.29, 1.82) is 0 Å². The molecule has 0 bridgehead atoms. The van der Waals surface area contributed by atoms with Gasteiger partial charge in [-0.25, -0.2) is 0 Å². The van der Waals surface area contributed by atoms with E-state index in [0.717, 1.165) is 29.2 Å². The maximum absolute atomic E-state index is 4.09. The van der Waals surface area contributed by atoms with Gasteiger partial charge in [-0.2, -0.15) is 0 Å². The summed E-state index contributed by atoms with van der Waals surface area (Å²) in [6, 6.07) is 0. The van der Waals surface area contributed by atoms with Crippen molar-refractivity contribution in [2.45, 2.75) is 59.4 Å². The number of hydrogen-bond donors (Lipinski definition) is 2. The van der Waals surface area contributed by atoms with E-state index in [1.165, 1.54) is 0 Å². The molecule has 108 valence electrons. The van der Waals surface area contributed by atoms with Crippen LogP contribution in [0.1, 0.15) is 27.7 Å². The Labute approximate surface area is 117 Å². The van der Waals surface area contributed by atoms with Gasteiger partial charge in [0, 0.05) is 0 Å². The molecule has 0 amide bonds. The van der Waals surface area contributed by atoms with Gasteiger partial charge in [-0.3, -0.25) is 0 Å². The highest BCUT2D eigenvalue weighted by Crippen LogP contribution is 2.52. The third-order valence-electron chi connectivity index (χ3n) is 5.71. The Bertz CT molecular complexity index is 278. The van der Waals surface area contributed by atoms with Crippen LogP contribution < -0.4 is 9.63 Å². The van der Waals surface area contributed by atoms with E-state index in [1.807, 2.05) is 0 Å². The molecule has 4 unspecified atom stereocenters. The van der Waals surface area contributed by atoms with E-state index in [9.17, 15) is 0 Å². The van der Waals surface area contributed by atoms with Crippen molar-refractivity contribution in [3.63, 3.8) is 0 Å². The Hall–Kier alpha value is 0.354. The Kier molecular flexibility index (Phi) is 4.91. The van der Waals surface area contributed by atoms with Gasteiger partial charge in [0.05, 0.1) is 0 Å². The van der Waals surface area contributed by atoms with Gasteiger partial charge >= 0.3 is 0 Å². The van der Waals surface area contributed by atoms with Crippen LogP contribution in [0.25, 0.3) is 0 Å². The summed E-state index contributed by atoms with van der Waals surface area (Å²) in [5.41, 5.74) is 0.905. The van der Waals surface area contributed by atoms with Crippen LogP contribution in [0.5, 0.6) is 0 Å². The molecule has 0 aromatic carbocycles. The summed E-state index contributed by atoms with van der Waals surface area (Å²) in [4.78, 5) is 3.54. The molecule has 0 aromatic heterocycles. The fraction of sp³-hybridized carbons (Fsp3) is 1.00. The van der Waals surface area contributed by atoms with Crippen LogP contribution >= 0.6 is 0 Å². The van der Waals surface area contributed by atoms with Crippen molar-refractivity contribution >= 4 is 16.6 Å².